The van der Waals surface area contributed by atoms with Gasteiger partial charge in [-0.1, -0.05) is 30.3 Å². The third-order valence-corrected chi connectivity index (χ3v) is 4.16. The van der Waals surface area contributed by atoms with Crippen molar-refractivity contribution in [1.82, 2.24) is 5.32 Å². The van der Waals surface area contributed by atoms with Gasteiger partial charge in [-0.3, -0.25) is 0 Å². The summed E-state index contributed by atoms with van der Waals surface area (Å²) in [5.41, 5.74) is 6.61. The highest BCUT2D eigenvalue weighted by atomic mass is 16.5. The van der Waals surface area contributed by atoms with Crippen LogP contribution in [0.4, 0.5) is 0 Å². The molecule has 2 aromatic rings. The summed E-state index contributed by atoms with van der Waals surface area (Å²) < 4.78 is 5.44. The average Bonchev–Trinajstić information content (AvgIpc) is 2.49. The van der Waals surface area contributed by atoms with Gasteiger partial charge >= 0.3 is 0 Å². The summed E-state index contributed by atoms with van der Waals surface area (Å²) in [7, 11) is 1.72. The summed E-state index contributed by atoms with van der Waals surface area (Å²) in [6.07, 6.45) is 0. The van der Waals surface area contributed by atoms with E-state index in [9.17, 15) is 0 Å². The molecule has 0 amide bonds. The van der Waals surface area contributed by atoms with E-state index in [2.05, 4.69) is 57.3 Å². The van der Waals surface area contributed by atoms with Gasteiger partial charge in [0.15, 0.2) is 0 Å². The van der Waals surface area contributed by atoms with Gasteiger partial charge in [0, 0.05) is 18.2 Å². The monoisotopic (exact) mass is 283 g/mol. The van der Waals surface area contributed by atoms with Gasteiger partial charge in [-0.25, -0.2) is 0 Å². The molecule has 0 aliphatic rings. The first kappa shape index (κ1) is 15.6. The first-order valence-corrected chi connectivity index (χ1v) is 7.46. The Bertz CT molecular complexity index is 619. The fourth-order valence-corrected chi connectivity index (χ4v) is 2.61. The minimum atomic E-state index is 0.252. The number of rotatable bonds is 5. The largest absolute Gasteiger partial charge is 0.496 e. The van der Waals surface area contributed by atoms with Crippen molar-refractivity contribution in [3.05, 3.63) is 64.2 Å². The number of hydrogen-bond acceptors (Lipinski definition) is 2. The third-order valence-electron chi connectivity index (χ3n) is 4.16. The molecule has 0 saturated carbocycles. The molecule has 0 radical (unpaired) electrons. The van der Waals surface area contributed by atoms with Crippen LogP contribution in [0.2, 0.25) is 0 Å². The number of hydrogen-bond donors (Lipinski definition) is 1. The van der Waals surface area contributed by atoms with Crippen LogP contribution in [0.25, 0.3) is 0 Å². The zero-order valence-corrected chi connectivity index (χ0v) is 13.7. The van der Waals surface area contributed by atoms with Crippen molar-refractivity contribution in [1.29, 1.82) is 0 Å². The molecule has 0 saturated heterocycles. The van der Waals surface area contributed by atoms with Gasteiger partial charge in [0.1, 0.15) is 5.75 Å². The predicted octanol–water partition coefficient (Wildman–Crippen LogP) is 4.47. The highest BCUT2D eigenvalue weighted by Crippen LogP contribution is 2.25. The molecule has 0 bridgehead atoms. The van der Waals surface area contributed by atoms with Gasteiger partial charge in [0.2, 0.25) is 0 Å². The lowest BCUT2D eigenvalue weighted by atomic mass is 10.00. The number of nitrogens with one attached hydrogen (secondary N) is 1. The highest BCUT2D eigenvalue weighted by molar-refractivity contribution is 5.38. The van der Waals surface area contributed by atoms with E-state index in [0.29, 0.717) is 0 Å². The Morgan fingerprint density at radius 1 is 1.00 bits per heavy atom. The molecule has 1 atom stereocenters. The molecule has 0 aromatic heterocycles. The maximum atomic E-state index is 5.44. The van der Waals surface area contributed by atoms with Crippen LogP contribution in [0.3, 0.4) is 0 Å². The molecule has 0 spiro atoms. The number of methoxy groups -OCH3 is 1. The van der Waals surface area contributed by atoms with Crippen molar-refractivity contribution in [2.75, 3.05) is 7.11 Å². The van der Waals surface area contributed by atoms with Crippen molar-refractivity contribution in [3.8, 4) is 5.75 Å². The molecule has 2 rings (SSSR count). The minimum absolute atomic E-state index is 0.252. The van der Waals surface area contributed by atoms with E-state index >= 15 is 0 Å². The summed E-state index contributed by atoms with van der Waals surface area (Å²) in [5, 5.41) is 3.60. The fraction of sp³-hybridized carbons (Fsp3) is 0.368. The van der Waals surface area contributed by atoms with E-state index in [1.54, 1.807) is 7.11 Å². The molecule has 2 heteroatoms. The Kier molecular flexibility index (Phi) is 5.03. The van der Waals surface area contributed by atoms with E-state index in [1.807, 2.05) is 12.1 Å². The van der Waals surface area contributed by atoms with E-state index in [0.717, 1.165) is 12.3 Å². The van der Waals surface area contributed by atoms with Crippen LogP contribution < -0.4 is 10.1 Å². The lowest BCUT2D eigenvalue weighted by Gasteiger charge is -2.18. The van der Waals surface area contributed by atoms with Crippen LogP contribution in [0.5, 0.6) is 5.75 Å². The molecule has 0 heterocycles. The van der Waals surface area contributed by atoms with Gasteiger partial charge in [0.05, 0.1) is 7.11 Å². The second kappa shape index (κ2) is 6.77. The molecule has 2 nitrogen and oxygen atoms in total. The Labute approximate surface area is 128 Å². The molecule has 0 fully saturated rings. The molecule has 1 N–H and O–H groups in total. The zero-order chi connectivity index (χ0) is 15.4. The fourth-order valence-electron chi connectivity index (χ4n) is 2.61. The molecule has 2 aromatic carbocycles. The summed E-state index contributed by atoms with van der Waals surface area (Å²) in [4.78, 5) is 0. The maximum Gasteiger partial charge on any atom is 0.123 e. The second-order valence-corrected chi connectivity index (χ2v) is 5.71. The molecular formula is C19H25NO. The Hall–Kier alpha value is -1.80. The maximum absolute atomic E-state index is 5.44. The summed E-state index contributed by atoms with van der Waals surface area (Å²) in [6, 6.07) is 13.0. The molecule has 0 aliphatic carbocycles. The van der Waals surface area contributed by atoms with Crippen LogP contribution >= 0.6 is 0 Å². The van der Waals surface area contributed by atoms with E-state index in [1.165, 1.54) is 27.8 Å². The van der Waals surface area contributed by atoms with Crippen molar-refractivity contribution in [2.24, 2.45) is 0 Å². The SMILES string of the molecule is COc1ccccc1C(C)NCc1cc(C)c(C)cc1C. The van der Waals surface area contributed by atoms with Crippen LogP contribution in [0.1, 0.15) is 40.8 Å². The first-order valence-electron chi connectivity index (χ1n) is 7.46. The predicted molar refractivity (Wildman–Crippen MR) is 88.9 cm³/mol. The summed E-state index contributed by atoms with van der Waals surface area (Å²) >= 11 is 0. The Morgan fingerprint density at radius 3 is 2.38 bits per heavy atom. The lowest BCUT2D eigenvalue weighted by Crippen LogP contribution is -2.19. The second-order valence-electron chi connectivity index (χ2n) is 5.71. The summed E-state index contributed by atoms with van der Waals surface area (Å²) in [6.45, 7) is 9.55. The van der Waals surface area contributed by atoms with Crippen LogP contribution in [0.15, 0.2) is 36.4 Å². The smallest absolute Gasteiger partial charge is 0.123 e. The third kappa shape index (κ3) is 3.64. The van der Waals surface area contributed by atoms with Crippen LogP contribution in [0, 0.1) is 20.8 Å². The van der Waals surface area contributed by atoms with Gasteiger partial charge in [-0.15, -0.1) is 0 Å². The minimum Gasteiger partial charge on any atom is -0.496 e. The normalized spacial score (nSPS) is 12.2. The summed E-state index contributed by atoms with van der Waals surface area (Å²) in [5.74, 6) is 0.939. The number of para-hydroxylation sites is 1. The average molecular weight is 283 g/mol. The van der Waals surface area contributed by atoms with Gasteiger partial charge < -0.3 is 10.1 Å². The highest BCUT2D eigenvalue weighted by Gasteiger charge is 2.11. The quantitative estimate of drug-likeness (QED) is 0.874. The molecular weight excluding hydrogens is 258 g/mol. The van der Waals surface area contributed by atoms with Gasteiger partial charge in [-0.2, -0.15) is 0 Å². The van der Waals surface area contributed by atoms with Crippen LogP contribution in [-0.2, 0) is 6.54 Å². The van der Waals surface area contributed by atoms with Crippen molar-refractivity contribution >= 4 is 0 Å². The lowest BCUT2D eigenvalue weighted by molar-refractivity contribution is 0.401. The van der Waals surface area contributed by atoms with E-state index in [4.69, 9.17) is 4.74 Å². The number of benzene rings is 2. The molecule has 1 unspecified atom stereocenters. The topological polar surface area (TPSA) is 21.3 Å². The van der Waals surface area contributed by atoms with Crippen molar-refractivity contribution in [3.63, 3.8) is 0 Å². The number of ether oxygens (including phenoxy) is 1. The zero-order valence-electron chi connectivity index (χ0n) is 13.7. The van der Waals surface area contributed by atoms with Crippen LogP contribution in [-0.4, -0.2) is 7.11 Å². The van der Waals surface area contributed by atoms with E-state index in [-0.39, 0.29) is 6.04 Å². The Balaban J connectivity index is 2.11. The van der Waals surface area contributed by atoms with Gasteiger partial charge in [0.25, 0.3) is 0 Å². The molecule has 21 heavy (non-hydrogen) atoms. The first-order chi connectivity index (χ1) is 10.0. The standard InChI is InChI=1S/C19H25NO/c1-13-10-15(3)17(11-14(13)2)12-20-16(4)18-8-6-7-9-19(18)21-5/h6-11,16,20H,12H2,1-5H3. The number of aryl methyl sites for hydroxylation is 3. The van der Waals surface area contributed by atoms with Crippen molar-refractivity contribution in [2.45, 2.75) is 40.3 Å². The van der Waals surface area contributed by atoms with E-state index < -0.39 is 0 Å². The molecule has 0 aliphatic heterocycles. The van der Waals surface area contributed by atoms with Crippen molar-refractivity contribution < 1.29 is 4.74 Å². The van der Waals surface area contributed by atoms with Gasteiger partial charge in [-0.05, 0) is 56.0 Å². The Morgan fingerprint density at radius 2 is 1.67 bits per heavy atom. The molecule has 112 valence electrons.